The van der Waals surface area contributed by atoms with E-state index in [1.54, 1.807) is 6.07 Å². The minimum Gasteiger partial charge on any atom is -0.392 e. The molecule has 88 valence electrons. The van der Waals surface area contributed by atoms with Crippen molar-refractivity contribution in [1.29, 1.82) is 0 Å². The Morgan fingerprint density at radius 3 is 2.94 bits per heavy atom. The molecule has 16 heavy (non-hydrogen) atoms. The van der Waals surface area contributed by atoms with Crippen LogP contribution < -0.4 is 4.90 Å². The van der Waals surface area contributed by atoms with Gasteiger partial charge >= 0.3 is 0 Å². The number of nitrogens with zero attached hydrogens (tertiary/aromatic N) is 2. The van der Waals surface area contributed by atoms with Crippen molar-refractivity contribution in [2.45, 2.75) is 25.6 Å². The van der Waals surface area contributed by atoms with Gasteiger partial charge in [-0.3, -0.25) is 0 Å². The van der Waals surface area contributed by atoms with Crippen molar-refractivity contribution in [3.63, 3.8) is 0 Å². The molecule has 0 saturated carbocycles. The van der Waals surface area contributed by atoms with Gasteiger partial charge in [0.05, 0.1) is 17.2 Å². The van der Waals surface area contributed by atoms with E-state index in [0.717, 1.165) is 18.8 Å². The molecular formula is C11H15ClN2O2. The minimum absolute atomic E-state index is 0.0986. The first-order valence-corrected chi connectivity index (χ1v) is 5.62. The van der Waals surface area contributed by atoms with Crippen LogP contribution in [0.3, 0.4) is 0 Å². The van der Waals surface area contributed by atoms with Crippen molar-refractivity contribution in [2.24, 2.45) is 0 Å². The van der Waals surface area contributed by atoms with Crippen LogP contribution in [-0.2, 0) is 6.61 Å². The van der Waals surface area contributed by atoms with Gasteiger partial charge in [0.1, 0.15) is 5.82 Å². The van der Waals surface area contributed by atoms with Crippen LogP contribution in [0.15, 0.2) is 12.3 Å². The highest BCUT2D eigenvalue weighted by molar-refractivity contribution is 6.31. The number of aromatic nitrogens is 1. The van der Waals surface area contributed by atoms with E-state index in [9.17, 15) is 5.11 Å². The summed E-state index contributed by atoms with van der Waals surface area (Å²) in [6.07, 6.45) is 2.27. The molecule has 1 aromatic heterocycles. The number of aliphatic hydroxyl groups excluding tert-OH is 1. The number of β-amino-alcohol motifs (C(OH)–C–C–N with tert-alkyl or cyclic N) is 1. The third-order valence-corrected chi connectivity index (χ3v) is 3.21. The summed E-state index contributed by atoms with van der Waals surface area (Å²) in [6, 6.07) is 1.77. The van der Waals surface area contributed by atoms with E-state index >= 15 is 0 Å². The first kappa shape index (κ1) is 11.6. The second kappa shape index (κ2) is 4.20. The first-order chi connectivity index (χ1) is 7.52. The van der Waals surface area contributed by atoms with Gasteiger partial charge in [-0.15, -0.1) is 0 Å². The predicted molar refractivity (Wildman–Crippen MR) is 62.6 cm³/mol. The van der Waals surface area contributed by atoms with Gasteiger partial charge in [-0.25, -0.2) is 4.98 Å². The molecule has 0 radical (unpaired) electrons. The van der Waals surface area contributed by atoms with Gasteiger partial charge in [-0.05, 0) is 19.4 Å². The third kappa shape index (κ3) is 2.29. The Balaban J connectivity index is 2.22. The van der Waals surface area contributed by atoms with Gasteiger partial charge in [0.25, 0.3) is 0 Å². The molecule has 0 spiro atoms. The largest absolute Gasteiger partial charge is 0.392 e. The lowest BCUT2D eigenvalue weighted by atomic mass is 10.1. The van der Waals surface area contributed by atoms with Crippen molar-refractivity contribution in [3.8, 4) is 0 Å². The van der Waals surface area contributed by atoms with Crippen LogP contribution in [0.1, 0.15) is 18.9 Å². The van der Waals surface area contributed by atoms with E-state index < -0.39 is 5.60 Å². The lowest BCUT2D eigenvalue weighted by Gasteiger charge is -2.20. The molecule has 1 aliphatic heterocycles. The number of anilines is 1. The maximum atomic E-state index is 9.86. The smallest absolute Gasteiger partial charge is 0.129 e. The molecular weight excluding hydrogens is 228 g/mol. The molecule has 0 aromatic carbocycles. The van der Waals surface area contributed by atoms with Crippen LogP contribution in [0, 0.1) is 0 Å². The summed E-state index contributed by atoms with van der Waals surface area (Å²) in [7, 11) is 0. The van der Waals surface area contributed by atoms with Crippen molar-refractivity contribution in [3.05, 3.63) is 22.8 Å². The molecule has 0 aliphatic carbocycles. The van der Waals surface area contributed by atoms with E-state index in [0.29, 0.717) is 17.1 Å². The fourth-order valence-corrected chi connectivity index (χ4v) is 2.07. The molecule has 4 nitrogen and oxygen atoms in total. The first-order valence-electron chi connectivity index (χ1n) is 5.24. The number of halogens is 1. The molecule has 1 fully saturated rings. The maximum Gasteiger partial charge on any atom is 0.129 e. The zero-order valence-electron chi connectivity index (χ0n) is 9.15. The summed E-state index contributed by atoms with van der Waals surface area (Å²) in [6.45, 7) is 3.05. The highest BCUT2D eigenvalue weighted by Gasteiger charge is 2.32. The summed E-state index contributed by atoms with van der Waals surface area (Å²) in [5.74, 6) is 0.756. The fourth-order valence-electron chi connectivity index (χ4n) is 1.90. The Labute approximate surface area is 99.5 Å². The average molecular weight is 243 g/mol. The molecule has 1 saturated heterocycles. The SMILES string of the molecule is CC1(O)CCN(c2cc(CO)c(Cl)cn2)C1. The number of hydrogen-bond acceptors (Lipinski definition) is 4. The van der Waals surface area contributed by atoms with Crippen LogP contribution in [0.25, 0.3) is 0 Å². The topological polar surface area (TPSA) is 56.6 Å². The summed E-state index contributed by atoms with van der Waals surface area (Å²) in [4.78, 5) is 6.20. The van der Waals surface area contributed by atoms with E-state index in [2.05, 4.69) is 4.98 Å². The molecule has 1 aromatic rings. The second-order valence-electron chi connectivity index (χ2n) is 4.46. The Morgan fingerprint density at radius 1 is 1.62 bits per heavy atom. The molecule has 1 atom stereocenters. The normalized spacial score (nSPS) is 25.1. The Kier molecular flexibility index (Phi) is 3.06. The number of pyridine rings is 1. The molecule has 1 aliphatic rings. The van der Waals surface area contributed by atoms with E-state index in [4.69, 9.17) is 16.7 Å². The highest BCUT2D eigenvalue weighted by Crippen LogP contribution is 2.27. The molecule has 0 amide bonds. The number of hydrogen-bond donors (Lipinski definition) is 2. The molecule has 2 N–H and O–H groups in total. The van der Waals surface area contributed by atoms with Crippen molar-refractivity contribution >= 4 is 17.4 Å². The minimum atomic E-state index is -0.652. The zero-order valence-corrected chi connectivity index (χ0v) is 9.91. The van der Waals surface area contributed by atoms with Gasteiger partial charge < -0.3 is 15.1 Å². The Bertz CT molecular complexity index is 396. The van der Waals surface area contributed by atoms with Crippen LogP contribution >= 0.6 is 11.6 Å². The van der Waals surface area contributed by atoms with E-state index in [1.165, 1.54) is 6.20 Å². The van der Waals surface area contributed by atoms with Crippen LogP contribution in [0.4, 0.5) is 5.82 Å². The Hall–Kier alpha value is -0.840. The van der Waals surface area contributed by atoms with Crippen molar-refractivity contribution < 1.29 is 10.2 Å². The molecule has 1 unspecified atom stereocenters. The second-order valence-corrected chi connectivity index (χ2v) is 4.87. The molecule has 0 bridgehead atoms. The quantitative estimate of drug-likeness (QED) is 0.818. The summed E-state index contributed by atoms with van der Waals surface area (Å²) in [5, 5.41) is 19.4. The summed E-state index contributed by atoms with van der Waals surface area (Å²) < 4.78 is 0. The lowest BCUT2D eigenvalue weighted by Crippen LogP contribution is -2.30. The van der Waals surface area contributed by atoms with Crippen LogP contribution in [-0.4, -0.2) is 33.9 Å². The Morgan fingerprint density at radius 2 is 2.38 bits per heavy atom. The van der Waals surface area contributed by atoms with Gasteiger partial charge in [0, 0.05) is 24.8 Å². The van der Waals surface area contributed by atoms with Gasteiger partial charge in [0.15, 0.2) is 0 Å². The average Bonchev–Trinajstić information content (AvgIpc) is 2.59. The lowest BCUT2D eigenvalue weighted by molar-refractivity contribution is 0.0839. The van der Waals surface area contributed by atoms with Gasteiger partial charge in [0.2, 0.25) is 0 Å². The van der Waals surface area contributed by atoms with Crippen LogP contribution in [0.5, 0.6) is 0 Å². The van der Waals surface area contributed by atoms with Gasteiger partial charge in [-0.2, -0.15) is 0 Å². The van der Waals surface area contributed by atoms with Crippen molar-refractivity contribution in [2.75, 3.05) is 18.0 Å². The molecule has 2 heterocycles. The van der Waals surface area contributed by atoms with Crippen molar-refractivity contribution in [1.82, 2.24) is 4.98 Å². The summed E-state index contributed by atoms with van der Waals surface area (Å²) >= 11 is 5.87. The maximum absolute atomic E-state index is 9.86. The van der Waals surface area contributed by atoms with Gasteiger partial charge in [-0.1, -0.05) is 11.6 Å². The summed E-state index contributed by atoms with van der Waals surface area (Å²) in [5.41, 5.74) is 0.0129. The van der Waals surface area contributed by atoms with E-state index in [-0.39, 0.29) is 6.61 Å². The third-order valence-electron chi connectivity index (χ3n) is 2.87. The number of rotatable bonds is 2. The van der Waals surface area contributed by atoms with Crippen LogP contribution in [0.2, 0.25) is 5.02 Å². The molecule has 5 heteroatoms. The monoisotopic (exact) mass is 242 g/mol. The van der Waals surface area contributed by atoms with E-state index in [1.807, 2.05) is 11.8 Å². The zero-order chi connectivity index (χ0) is 11.8. The fraction of sp³-hybridized carbons (Fsp3) is 0.545. The number of aliphatic hydroxyl groups is 2. The predicted octanol–water partition coefficient (Wildman–Crippen LogP) is 1.19. The highest BCUT2D eigenvalue weighted by atomic mass is 35.5. The standard InChI is InChI=1S/C11H15ClN2O2/c1-11(16)2-3-14(7-11)10-4-8(6-15)9(12)5-13-10/h4-5,15-16H,2-3,6-7H2,1H3. The molecule has 2 rings (SSSR count).